The zero-order chi connectivity index (χ0) is 15.4. The Morgan fingerprint density at radius 2 is 1.81 bits per heavy atom. The van der Waals surface area contributed by atoms with E-state index in [0.717, 1.165) is 0 Å². The molecule has 0 unspecified atom stereocenters. The number of carbonyl (C=O) groups is 1. The molecule has 6 heteroatoms. The molecule has 0 aliphatic carbocycles. The van der Waals surface area contributed by atoms with Crippen molar-refractivity contribution in [2.75, 3.05) is 25.3 Å². The van der Waals surface area contributed by atoms with E-state index in [0.29, 0.717) is 17.1 Å². The van der Waals surface area contributed by atoms with Crippen molar-refractivity contribution < 1.29 is 18.7 Å². The lowest BCUT2D eigenvalue weighted by molar-refractivity contribution is 0.102. The number of anilines is 2. The standard InChI is InChI=1S/C15H15FN2O3/c1-20-13-7-9(3-5-11(13)16)15(19)18-10-4-6-12(17)14(8-10)21-2/h3-8H,17H2,1-2H3,(H,18,19). The first-order valence-corrected chi connectivity index (χ1v) is 6.13. The molecule has 0 saturated carbocycles. The number of amides is 1. The Morgan fingerprint density at radius 1 is 1.10 bits per heavy atom. The first-order valence-electron chi connectivity index (χ1n) is 6.13. The fraction of sp³-hybridized carbons (Fsp3) is 0.133. The minimum Gasteiger partial charge on any atom is -0.495 e. The van der Waals surface area contributed by atoms with E-state index in [1.165, 1.54) is 32.4 Å². The van der Waals surface area contributed by atoms with Crippen LogP contribution in [0.15, 0.2) is 36.4 Å². The summed E-state index contributed by atoms with van der Waals surface area (Å²) in [5.41, 5.74) is 6.98. The van der Waals surface area contributed by atoms with Crippen LogP contribution in [0.3, 0.4) is 0 Å². The van der Waals surface area contributed by atoms with Crippen molar-refractivity contribution in [3.63, 3.8) is 0 Å². The van der Waals surface area contributed by atoms with Crippen LogP contribution in [0.5, 0.6) is 11.5 Å². The first kappa shape index (κ1) is 14.6. The van der Waals surface area contributed by atoms with Crippen molar-refractivity contribution in [1.29, 1.82) is 0 Å². The number of carbonyl (C=O) groups excluding carboxylic acids is 1. The van der Waals surface area contributed by atoms with E-state index in [2.05, 4.69) is 5.32 Å². The van der Waals surface area contributed by atoms with Crippen molar-refractivity contribution in [2.24, 2.45) is 0 Å². The van der Waals surface area contributed by atoms with Gasteiger partial charge in [0.25, 0.3) is 5.91 Å². The second-order valence-corrected chi connectivity index (χ2v) is 4.26. The average Bonchev–Trinajstić information content (AvgIpc) is 2.49. The molecular weight excluding hydrogens is 275 g/mol. The molecule has 0 fully saturated rings. The second kappa shape index (κ2) is 6.13. The van der Waals surface area contributed by atoms with E-state index in [1.807, 2.05) is 0 Å². The van der Waals surface area contributed by atoms with Gasteiger partial charge in [-0.3, -0.25) is 4.79 Å². The summed E-state index contributed by atoms with van der Waals surface area (Å²) in [6.45, 7) is 0. The van der Waals surface area contributed by atoms with Crippen LogP contribution in [-0.2, 0) is 0 Å². The van der Waals surface area contributed by atoms with Gasteiger partial charge in [-0.25, -0.2) is 4.39 Å². The molecule has 1 amide bonds. The smallest absolute Gasteiger partial charge is 0.255 e. The number of nitrogens with two attached hydrogens (primary N) is 1. The molecule has 0 bridgehead atoms. The monoisotopic (exact) mass is 290 g/mol. The van der Waals surface area contributed by atoms with Crippen molar-refractivity contribution in [2.45, 2.75) is 0 Å². The summed E-state index contributed by atoms with van der Waals surface area (Å²) in [5.74, 6) is -0.439. The van der Waals surface area contributed by atoms with Crippen LogP contribution in [0.4, 0.5) is 15.8 Å². The van der Waals surface area contributed by atoms with Crippen molar-refractivity contribution in [3.05, 3.63) is 47.8 Å². The highest BCUT2D eigenvalue weighted by atomic mass is 19.1. The van der Waals surface area contributed by atoms with Crippen LogP contribution >= 0.6 is 0 Å². The van der Waals surface area contributed by atoms with Gasteiger partial charge in [-0.05, 0) is 30.3 Å². The van der Waals surface area contributed by atoms with Gasteiger partial charge in [0.2, 0.25) is 0 Å². The van der Waals surface area contributed by atoms with Gasteiger partial charge < -0.3 is 20.5 Å². The van der Waals surface area contributed by atoms with Gasteiger partial charge in [0.1, 0.15) is 5.75 Å². The van der Waals surface area contributed by atoms with E-state index < -0.39 is 5.82 Å². The molecule has 3 N–H and O–H groups in total. The summed E-state index contributed by atoms with van der Waals surface area (Å²) in [6.07, 6.45) is 0. The van der Waals surface area contributed by atoms with Crippen LogP contribution in [0.2, 0.25) is 0 Å². The maximum absolute atomic E-state index is 13.3. The molecule has 0 spiro atoms. The van der Waals surface area contributed by atoms with Crippen LogP contribution in [0.25, 0.3) is 0 Å². The number of nitrogen functional groups attached to an aromatic ring is 1. The Balaban J connectivity index is 2.21. The maximum atomic E-state index is 13.3. The van der Waals surface area contributed by atoms with Gasteiger partial charge in [-0.1, -0.05) is 0 Å². The summed E-state index contributed by atoms with van der Waals surface area (Å²) in [4.78, 5) is 12.1. The molecule has 2 rings (SSSR count). The largest absolute Gasteiger partial charge is 0.495 e. The van der Waals surface area contributed by atoms with Crippen LogP contribution < -0.4 is 20.5 Å². The summed E-state index contributed by atoms with van der Waals surface area (Å²) >= 11 is 0. The van der Waals surface area contributed by atoms with E-state index in [-0.39, 0.29) is 17.2 Å². The molecule has 5 nitrogen and oxygen atoms in total. The molecule has 21 heavy (non-hydrogen) atoms. The number of hydrogen-bond acceptors (Lipinski definition) is 4. The highest BCUT2D eigenvalue weighted by molar-refractivity contribution is 6.04. The van der Waals surface area contributed by atoms with Crippen molar-refractivity contribution >= 4 is 17.3 Å². The van der Waals surface area contributed by atoms with Gasteiger partial charge in [0.05, 0.1) is 19.9 Å². The molecule has 0 saturated heterocycles. The molecule has 0 aromatic heterocycles. The van der Waals surface area contributed by atoms with E-state index in [4.69, 9.17) is 15.2 Å². The third kappa shape index (κ3) is 3.22. The fourth-order valence-electron chi connectivity index (χ4n) is 1.79. The zero-order valence-electron chi connectivity index (χ0n) is 11.6. The predicted molar refractivity (Wildman–Crippen MR) is 78.3 cm³/mol. The molecule has 0 heterocycles. The minimum absolute atomic E-state index is 0.0116. The lowest BCUT2D eigenvalue weighted by atomic mass is 10.2. The Bertz CT molecular complexity index is 674. The number of ether oxygens (including phenoxy) is 2. The quantitative estimate of drug-likeness (QED) is 0.849. The highest BCUT2D eigenvalue weighted by Crippen LogP contribution is 2.25. The number of benzene rings is 2. The van der Waals surface area contributed by atoms with Crippen LogP contribution in [-0.4, -0.2) is 20.1 Å². The average molecular weight is 290 g/mol. The summed E-state index contributed by atoms with van der Waals surface area (Å²) in [7, 11) is 2.83. The molecular formula is C15H15FN2O3. The number of nitrogens with one attached hydrogen (secondary N) is 1. The molecule has 110 valence electrons. The molecule has 0 aliphatic rings. The lowest BCUT2D eigenvalue weighted by Crippen LogP contribution is -2.12. The fourth-order valence-corrected chi connectivity index (χ4v) is 1.79. The third-order valence-corrected chi connectivity index (χ3v) is 2.90. The SMILES string of the molecule is COc1cc(NC(=O)c2ccc(F)c(OC)c2)ccc1N. The topological polar surface area (TPSA) is 73.6 Å². The molecule has 0 aliphatic heterocycles. The van der Waals surface area contributed by atoms with E-state index in [1.54, 1.807) is 18.2 Å². The lowest BCUT2D eigenvalue weighted by Gasteiger charge is -2.10. The molecule has 2 aromatic rings. The normalized spacial score (nSPS) is 10.0. The predicted octanol–water partition coefficient (Wildman–Crippen LogP) is 2.68. The second-order valence-electron chi connectivity index (χ2n) is 4.26. The van der Waals surface area contributed by atoms with Gasteiger partial charge in [-0.15, -0.1) is 0 Å². The Labute approximate surface area is 121 Å². The summed E-state index contributed by atoms with van der Waals surface area (Å²) in [5, 5.41) is 2.68. The molecule has 0 atom stereocenters. The van der Waals surface area contributed by atoms with Gasteiger partial charge in [0, 0.05) is 17.3 Å². The van der Waals surface area contributed by atoms with Gasteiger partial charge in [-0.2, -0.15) is 0 Å². The Kier molecular flexibility index (Phi) is 4.27. The minimum atomic E-state index is -0.525. The number of hydrogen-bond donors (Lipinski definition) is 2. The van der Waals surface area contributed by atoms with Gasteiger partial charge >= 0.3 is 0 Å². The van der Waals surface area contributed by atoms with E-state index in [9.17, 15) is 9.18 Å². The number of rotatable bonds is 4. The first-order chi connectivity index (χ1) is 10.0. The Hall–Kier alpha value is -2.76. The van der Waals surface area contributed by atoms with E-state index >= 15 is 0 Å². The van der Waals surface area contributed by atoms with Crippen LogP contribution in [0.1, 0.15) is 10.4 Å². The zero-order valence-corrected chi connectivity index (χ0v) is 11.6. The highest BCUT2D eigenvalue weighted by Gasteiger charge is 2.11. The Morgan fingerprint density at radius 3 is 2.48 bits per heavy atom. The molecule has 2 aromatic carbocycles. The van der Waals surface area contributed by atoms with Gasteiger partial charge in [0.15, 0.2) is 11.6 Å². The number of methoxy groups -OCH3 is 2. The summed E-state index contributed by atoms with van der Waals surface area (Å²) in [6, 6.07) is 8.77. The maximum Gasteiger partial charge on any atom is 0.255 e. The molecule has 0 radical (unpaired) electrons. The van der Waals surface area contributed by atoms with Crippen LogP contribution in [0, 0.1) is 5.82 Å². The third-order valence-electron chi connectivity index (χ3n) is 2.90. The summed E-state index contributed by atoms with van der Waals surface area (Å²) < 4.78 is 23.2. The van der Waals surface area contributed by atoms with Crippen molar-refractivity contribution in [1.82, 2.24) is 0 Å². The number of halogens is 1. The van der Waals surface area contributed by atoms with Crippen molar-refractivity contribution in [3.8, 4) is 11.5 Å².